The van der Waals surface area contributed by atoms with Gasteiger partial charge in [0.1, 0.15) is 0 Å². The lowest BCUT2D eigenvalue weighted by Gasteiger charge is -2.20. The normalized spacial score (nSPS) is 15.6. The van der Waals surface area contributed by atoms with Gasteiger partial charge in [0.2, 0.25) is 10.0 Å². The van der Waals surface area contributed by atoms with Crippen LogP contribution in [-0.4, -0.2) is 39.0 Å². The SMILES string of the molecule is CCN(CCNS(=O)(=O)c1ccc(CN)cc1C)C1CC1. The first-order valence-corrected chi connectivity index (χ1v) is 8.99. The molecule has 1 aromatic carbocycles. The number of hydrogen-bond donors (Lipinski definition) is 2. The van der Waals surface area contributed by atoms with Crippen molar-refractivity contribution in [1.82, 2.24) is 9.62 Å². The van der Waals surface area contributed by atoms with Crippen molar-refractivity contribution < 1.29 is 8.42 Å². The zero-order valence-electron chi connectivity index (χ0n) is 12.8. The fourth-order valence-corrected chi connectivity index (χ4v) is 3.83. The molecule has 1 aromatic rings. The third kappa shape index (κ3) is 4.26. The highest BCUT2D eigenvalue weighted by molar-refractivity contribution is 7.89. The topological polar surface area (TPSA) is 75.4 Å². The number of likely N-dealkylation sites (N-methyl/N-ethyl adjacent to an activating group) is 1. The monoisotopic (exact) mass is 311 g/mol. The molecule has 0 atom stereocenters. The Bertz CT molecular complexity index is 583. The standard InChI is InChI=1S/C15H25N3O2S/c1-3-18(14-5-6-14)9-8-17-21(19,20)15-7-4-13(11-16)10-12(15)2/h4,7,10,14,17H,3,5-6,8-9,11,16H2,1-2H3. The highest BCUT2D eigenvalue weighted by Crippen LogP contribution is 2.26. The largest absolute Gasteiger partial charge is 0.326 e. The van der Waals surface area contributed by atoms with Crippen molar-refractivity contribution in [2.45, 2.75) is 44.2 Å². The molecule has 0 spiro atoms. The average Bonchev–Trinajstić information content (AvgIpc) is 3.27. The summed E-state index contributed by atoms with van der Waals surface area (Å²) in [5.41, 5.74) is 7.25. The zero-order valence-corrected chi connectivity index (χ0v) is 13.6. The zero-order chi connectivity index (χ0) is 15.5. The lowest BCUT2D eigenvalue weighted by Crippen LogP contribution is -2.36. The van der Waals surface area contributed by atoms with Gasteiger partial charge >= 0.3 is 0 Å². The molecule has 0 heterocycles. The molecule has 0 aliphatic heterocycles. The van der Waals surface area contributed by atoms with Gasteiger partial charge in [0.05, 0.1) is 4.90 Å². The van der Waals surface area contributed by atoms with Gasteiger partial charge in [0.25, 0.3) is 0 Å². The summed E-state index contributed by atoms with van der Waals surface area (Å²) in [6, 6.07) is 5.89. The number of benzene rings is 1. The van der Waals surface area contributed by atoms with Crippen LogP contribution in [0.2, 0.25) is 0 Å². The minimum absolute atomic E-state index is 0.342. The van der Waals surface area contributed by atoms with Crippen LogP contribution in [0, 0.1) is 6.92 Å². The van der Waals surface area contributed by atoms with Crippen LogP contribution in [0.3, 0.4) is 0 Å². The average molecular weight is 311 g/mol. The Morgan fingerprint density at radius 3 is 2.62 bits per heavy atom. The number of nitrogens with zero attached hydrogens (tertiary/aromatic N) is 1. The first-order valence-electron chi connectivity index (χ1n) is 7.51. The van der Waals surface area contributed by atoms with Crippen molar-refractivity contribution in [3.8, 4) is 0 Å². The number of hydrogen-bond acceptors (Lipinski definition) is 4. The summed E-state index contributed by atoms with van der Waals surface area (Å²) in [7, 11) is -3.44. The summed E-state index contributed by atoms with van der Waals surface area (Å²) in [6.45, 7) is 6.52. The van der Waals surface area contributed by atoms with Gasteiger partial charge in [-0.15, -0.1) is 0 Å². The van der Waals surface area contributed by atoms with Crippen molar-refractivity contribution in [3.63, 3.8) is 0 Å². The van der Waals surface area contributed by atoms with Crippen LogP contribution >= 0.6 is 0 Å². The molecule has 0 saturated heterocycles. The van der Waals surface area contributed by atoms with Gasteiger partial charge in [-0.1, -0.05) is 19.1 Å². The number of aryl methyl sites for hydroxylation is 1. The Balaban J connectivity index is 1.97. The van der Waals surface area contributed by atoms with Crippen LogP contribution in [-0.2, 0) is 16.6 Å². The Hall–Kier alpha value is -0.950. The van der Waals surface area contributed by atoms with E-state index in [1.807, 2.05) is 6.07 Å². The van der Waals surface area contributed by atoms with Crippen molar-refractivity contribution in [2.75, 3.05) is 19.6 Å². The molecule has 1 saturated carbocycles. The highest BCUT2D eigenvalue weighted by atomic mass is 32.2. The van der Waals surface area contributed by atoms with E-state index in [2.05, 4.69) is 16.5 Å². The van der Waals surface area contributed by atoms with E-state index in [0.29, 0.717) is 24.0 Å². The molecule has 0 unspecified atom stereocenters. The third-order valence-corrected chi connectivity index (χ3v) is 5.55. The lowest BCUT2D eigenvalue weighted by atomic mass is 10.1. The lowest BCUT2D eigenvalue weighted by molar-refractivity contribution is 0.282. The highest BCUT2D eigenvalue weighted by Gasteiger charge is 2.27. The van der Waals surface area contributed by atoms with Crippen molar-refractivity contribution in [2.24, 2.45) is 5.73 Å². The van der Waals surface area contributed by atoms with Gasteiger partial charge in [0.15, 0.2) is 0 Å². The molecule has 0 bridgehead atoms. The number of rotatable bonds is 8. The van der Waals surface area contributed by atoms with Crippen molar-refractivity contribution in [3.05, 3.63) is 29.3 Å². The summed E-state index contributed by atoms with van der Waals surface area (Å²) < 4.78 is 27.4. The molecule has 2 rings (SSSR count). The molecular formula is C15H25N3O2S. The van der Waals surface area contributed by atoms with Crippen LogP contribution in [0.15, 0.2) is 23.1 Å². The molecule has 21 heavy (non-hydrogen) atoms. The second-order valence-electron chi connectivity index (χ2n) is 5.56. The number of nitrogens with one attached hydrogen (secondary N) is 1. The summed E-state index contributed by atoms with van der Waals surface area (Å²) in [5.74, 6) is 0. The number of sulfonamides is 1. The maximum Gasteiger partial charge on any atom is 0.240 e. The minimum Gasteiger partial charge on any atom is -0.326 e. The predicted octanol–water partition coefficient (Wildman–Crippen LogP) is 1.22. The first-order chi connectivity index (χ1) is 9.97. The molecule has 0 radical (unpaired) electrons. The summed E-state index contributed by atoms with van der Waals surface area (Å²) in [4.78, 5) is 2.67. The van der Waals surface area contributed by atoms with Crippen LogP contribution in [0.5, 0.6) is 0 Å². The van der Waals surface area contributed by atoms with Crippen LogP contribution < -0.4 is 10.5 Å². The van der Waals surface area contributed by atoms with Gasteiger partial charge in [-0.2, -0.15) is 0 Å². The second kappa shape index (κ2) is 6.87. The third-order valence-electron chi connectivity index (χ3n) is 3.93. The molecule has 3 N–H and O–H groups in total. The van der Waals surface area contributed by atoms with Gasteiger partial charge in [-0.3, -0.25) is 4.90 Å². The van der Waals surface area contributed by atoms with Gasteiger partial charge in [-0.05, 0) is 43.5 Å². The molecule has 1 fully saturated rings. The van der Waals surface area contributed by atoms with Gasteiger partial charge in [0, 0.05) is 25.7 Å². The van der Waals surface area contributed by atoms with E-state index in [-0.39, 0.29) is 0 Å². The number of nitrogens with two attached hydrogens (primary N) is 1. The molecule has 1 aliphatic carbocycles. The summed E-state index contributed by atoms with van der Waals surface area (Å²) in [6.07, 6.45) is 2.47. The van der Waals surface area contributed by atoms with E-state index < -0.39 is 10.0 Å². The molecule has 6 heteroatoms. The Kier molecular flexibility index (Phi) is 5.37. The van der Waals surface area contributed by atoms with Gasteiger partial charge < -0.3 is 5.73 Å². The first kappa shape index (κ1) is 16.4. The Morgan fingerprint density at radius 2 is 2.10 bits per heavy atom. The Morgan fingerprint density at radius 1 is 1.38 bits per heavy atom. The van der Waals surface area contributed by atoms with E-state index in [9.17, 15) is 8.42 Å². The summed E-state index contributed by atoms with van der Waals surface area (Å²) >= 11 is 0. The molecule has 1 aliphatic rings. The minimum atomic E-state index is -3.44. The van der Waals surface area contributed by atoms with Crippen LogP contribution in [0.1, 0.15) is 30.9 Å². The maximum absolute atomic E-state index is 12.3. The molecule has 0 aromatic heterocycles. The van der Waals surface area contributed by atoms with Crippen LogP contribution in [0.25, 0.3) is 0 Å². The van der Waals surface area contributed by atoms with Crippen molar-refractivity contribution in [1.29, 1.82) is 0 Å². The van der Waals surface area contributed by atoms with E-state index in [0.717, 1.165) is 24.2 Å². The smallest absolute Gasteiger partial charge is 0.240 e. The molecule has 118 valence electrons. The van der Waals surface area contributed by atoms with E-state index in [4.69, 9.17) is 5.73 Å². The predicted molar refractivity (Wildman–Crippen MR) is 84.5 cm³/mol. The van der Waals surface area contributed by atoms with Crippen molar-refractivity contribution >= 4 is 10.0 Å². The van der Waals surface area contributed by atoms with E-state index >= 15 is 0 Å². The van der Waals surface area contributed by atoms with E-state index in [1.54, 1.807) is 19.1 Å². The van der Waals surface area contributed by atoms with Gasteiger partial charge in [-0.25, -0.2) is 13.1 Å². The summed E-state index contributed by atoms with van der Waals surface area (Å²) in [5, 5.41) is 0. The fraction of sp³-hybridized carbons (Fsp3) is 0.600. The quantitative estimate of drug-likeness (QED) is 0.757. The molecule has 0 amide bonds. The molecular weight excluding hydrogens is 286 g/mol. The second-order valence-corrected chi connectivity index (χ2v) is 7.30. The fourth-order valence-electron chi connectivity index (χ4n) is 2.58. The molecule has 5 nitrogen and oxygen atoms in total. The maximum atomic E-state index is 12.3. The van der Waals surface area contributed by atoms with E-state index in [1.165, 1.54) is 12.8 Å². The Labute approximate surface area is 127 Å². The van der Waals surface area contributed by atoms with Crippen LogP contribution in [0.4, 0.5) is 0 Å².